The van der Waals surface area contributed by atoms with Crippen molar-refractivity contribution < 1.29 is 5.11 Å². The highest BCUT2D eigenvalue weighted by atomic mass is 16.3. The van der Waals surface area contributed by atoms with Crippen LogP contribution in [0.25, 0.3) is 0 Å². The summed E-state index contributed by atoms with van der Waals surface area (Å²) >= 11 is 0. The summed E-state index contributed by atoms with van der Waals surface area (Å²) in [4.78, 5) is 0. The van der Waals surface area contributed by atoms with Crippen molar-refractivity contribution in [2.45, 2.75) is 26.7 Å². The number of aliphatic hydroxyl groups is 1. The van der Waals surface area contributed by atoms with Gasteiger partial charge in [-0.3, -0.25) is 0 Å². The van der Waals surface area contributed by atoms with E-state index in [1.54, 1.807) is 6.92 Å². The molecule has 1 radical (unpaired) electrons. The molecule has 1 heteroatoms. The molecule has 0 saturated heterocycles. The van der Waals surface area contributed by atoms with E-state index in [9.17, 15) is 0 Å². The van der Waals surface area contributed by atoms with Gasteiger partial charge in [-0.1, -0.05) is 13.3 Å². The molecule has 0 heterocycles. The lowest BCUT2D eigenvalue weighted by Gasteiger charge is -1.93. The summed E-state index contributed by atoms with van der Waals surface area (Å²) < 4.78 is 0. The Hall–Kier alpha value is -0.0400. The molecule has 0 aromatic rings. The third kappa shape index (κ3) is 3.96. The van der Waals surface area contributed by atoms with E-state index in [1.165, 1.54) is 0 Å². The molecule has 0 saturated carbocycles. The van der Waals surface area contributed by atoms with Crippen LogP contribution in [0.5, 0.6) is 0 Å². The third-order valence-electron chi connectivity index (χ3n) is 0.612. The van der Waals surface area contributed by atoms with Crippen LogP contribution in [0.2, 0.25) is 0 Å². The number of hydrogen-bond acceptors (Lipinski definition) is 1. The Morgan fingerprint density at radius 1 is 1.67 bits per heavy atom. The van der Waals surface area contributed by atoms with Crippen molar-refractivity contribution in [3.8, 4) is 0 Å². The van der Waals surface area contributed by atoms with Gasteiger partial charge in [-0.25, -0.2) is 0 Å². The van der Waals surface area contributed by atoms with Crippen molar-refractivity contribution in [1.29, 1.82) is 0 Å². The van der Waals surface area contributed by atoms with Gasteiger partial charge >= 0.3 is 0 Å². The van der Waals surface area contributed by atoms with E-state index in [2.05, 4.69) is 0 Å². The quantitative estimate of drug-likeness (QED) is 0.543. The fraction of sp³-hybridized carbons (Fsp3) is 0.800. The molecule has 0 fully saturated rings. The molecule has 0 aliphatic carbocycles. The first kappa shape index (κ1) is 5.96. The monoisotopic (exact) mass is 87.1 g/mol. The average Bonchev–Trinajstić information content (AvgIpc) is 1.35. The Morgan fingerprint density at radius 3 is 2.17 bits per heavy atom. The molecule has 0 amide bonds. The van der Waals surface area contributed by atoms with Crippen LogP contribution in [0.15, 0.2) is 0 Å². The molecule has 0 aromatic carbocycles. The molecule has 0 bridgehead atoms. The minimum Gasteiger partial charge on any atom is -0.387 e. The minimum atomic E-state index is 0.539. The lowest BCUT2D eigenvalue weighted by molar-refractivity contribution is 0.295. The van der Waals surface area contributed by atoms with Crippen LogP contribution in [0.1, 0.15) is 26.7 Å². The molecule has 0 spiro atoms. The molecule has 37 valence electrons. The van der Waals surface area contributed by atoms with Crippen molar-refractivity contribution in [2.75, 3.05) is 0 Å². The normalized spacial score (nSPS) is 10.0. The van der Waals surface area contributed by atoms with Gasteiger partial charge in [0, 0.05) is 0 Å². The van der Waals surface area contributed by atoms with Gasteiger partial charge in [0.25, 0.3) is 0 Å². The van der Waals surface area contributed by atoms with Crippen molar-refractivity contribution in [1.82, 2.24) is 0 Å². The van der Waals surface area contributed by atoms with Gasteiger partial charge in [-0.2, -0.15) is 0 Å². The predicted molar refractivity (Wildman–Crippen MR) is 25.8 cm³/mol. The fourth-order valence-corrected chi connectivity index (χ4v) is 0.362. The molecule has 1 N–H and O–H groups in total. The minimum absolute atomic E-state index is 0.539. The van der Waals surface area contributed by atoms with Crippen LogP contribution in [0.4, 0.5) is 0 Å². The van der Waals surface area contributed by atoms with Gasteiger partial charge in [0.1, 0.15) is 0 Å². The second-order valence-electron chi connectivity index (χ2n) is 1.49. The molecule has 0 aromatic heterocycles. The lowest BCUT2D eigenvalue weighted by Crippen LogP contribution is -1.84. The summed E-state index contributed by atoms with van der Waals surface area (Å²) in [6, 6.07) is 0. The van der Waals surface area contributed by atoms with Crippen molar-refractivity contribution >= 4 is 0 Å². The van der Waals surface area contributed by atoms with Crippen LogP contribution in [-0.2, 0) is 0 Å². The topological polar surface area (TPSA) is 20.2 Å². The summed E-state index contributed by atoms with van der Waals surface area (Å²) in [6.45, 7) is 3.77. The van der Waals surface area contributed by atoms with Gasteiger partial charge in [-0.05, 0) is 13.3 Å². The molecule has 0 rings (SSSR count). The Balaban J connectivity index is 2.63. The highest BCUT2D eigenvalue weighted by Crippen LogP contribution is 1.99. The zero-order valence-electron chi connectivity index (χ0n) is 4.36. The zero-order chi connectivity index (χ0) is 4.99. The van der Waals surface area contributed by atoms with E-state index < -0.39 is 0 Å². The maximum absolute atomic E-state index is 8.47. The van der Waals surface area contributed by atoms with Gasteiger partial charge in [0.15, 0.2) is 0 Å². The molecule has 0 aliphatic heterocycles. The van der Waals surface area contributed by atoms with E-state index in [0.717, 1.165) is 12.8 Å². The van der Waals surface area contributed by atoms with Crippen LogP contribution in [0.3, 0.4) is 0 Å². The second kappa shape index (κ2) is 3.16. The maximum Gasteiger partial charge on any atom is 0.0902 e. The first-order chi connectivity index (χ1) is 2.77. The third-order valence-corrected chi connectivity index (χ3v) is 0.612. The van der Waals surface area contributed by atoms with Crippen LogP contribution < -0.4 is 0 Å². The summed E-state index contributed by atoms with van der Waals surface area (Å²) in [6.07, 6.45) is 2.43. The van der Waals surface area contributed by atoms with Crippen LogP contribution >= 0.6 is 0 Å². The van der Waals surface area contributed by atoms with Crippen LogP contribution in [0, 0.1) is 6.10 Å². The standard InChI is InChI=1S/C5H11O/c1-3-4-5(2)6/h6H,3-4H2,1-2H3. The summed E-state index contributed by atoms with van der Waals surface area (Å²) in [5, 5.41) is 8.47. The van der Waals surface area contributed by atoms with Crippen molar-refractivity contribution in [2.24, 2.45) is 0 Å². The predicted octanol–water partition coefficient (Wildman–Crippen LogP) is 1.71. The molecule has 1 nitrogen and oxygen atoms in total. The molecular formula is C5H11O. The molecule has 0 atom stereocenters. The molecule has 0 unspecified atom stereocenters. The summed E-state index contributed by atoms with van der Waals surface area (Å²) in [5.41, 5.74) is 0. The van der Waals surface area contributed by atoms with Crippen molar-refractivity contribution in [3.05, 3.63) is 6.10 Å². The fourth-order valence-electron chi connectivity index (χ4n) is 0.362. The molecule has 6 heavy (non-hydrogen) atoms. The van der Waals surface area contributed by atoms with E-state index >= 15 is 0 Å². The number of hydrogen-bond donors (Lipinski definition) is 1. The van der Waals surface area contributed by atoms with Crippen LogP contribution in [-0.4, -0.2) is 5.11 Å². The Labute approximate surface area is 39.0 Å². The van der Waals surface area contributed by atoms with Crippen molar-refractivity contribution in [3.63, 3.8) is 0 Å². The lowest BCUT2D eigenvalue weighted by atomic mass is 10.2. The average molecular weight is 87.1 g/mol. The van der Waals surface area contributed by atoms with Gasteiger partial charge in [0.2, 0.25) is 0 Å². The second-order valence-corrected chi connectivity index (χ2v) is 1.49. The van der Waals surface area contributed by atoms with E-state index in [0.29, 0.717) is 6.10 Å². The van der Waals surface area contributed by atoms with Gasteiger partial charge in [0.05, 0.1) is 6.10 Å². The van der Waals surface area contributed by atoms with Gasteiger partial charge in [-0.15, -0.1) is 0 Å². The highest BCUT2D eigenvalue weighted by Gasteiger charge is 1.89. The summed E-state index contributed by atoms with van der Waals surface area (Å²) in [5.74, 6) is 0. The van der Waals surface area contributed by atoms with E-state index in [1.807, 2.05) is 6.92 Å². The first-order valence-electron chi connectivity index (χ1n) is 2.28. The Morgan fingerprint density at radius 2 is 2.17 bits per heavy atom. The number of aliphatic hydroxyl groups excluding tert-OH is 1. The summed E-state index contributed by atoms with van der Waals surface area (Å²) in [7, 11) is 0. The molecule has 0 aliphatic rings. The smallest absolute Gasteiger partial charge is 0.0902 e. The highest BCUT2D eigenvalue weighted by molar-refractivity contribution is 4.63. The van der Waals surface area contributed by atoms with Gasteiger partial charge < -0.3 is 5.11 Å². The Bertz CT molecular complexity index is 25.1. The van der Waals surface area contributed by atoms with E-state index in [4.69, 9.17) is 5.11 Å². The number of rotatable bonds is 2. The molecular weight excluding hydrogens is 76.1 g/mol. The zero-order valence-corrected chi connectivity index (χ0v) is 4.36. The van der Waals surface area contributed by atoms with E-state index in [-0.39, 0.29) is 0 Å². The SMILES string of the molecule is CCC[C](C)O. The maximum atomic E-state index is 8.47. The first-order valence-corrected chi connectivity index (χ1v) is 2.28. The Kier molecular flexibility index (Phi) is 3.14. The largest absolute Gasteiger partial charge is 0.387 e.